The molecule has 0 radical (unpaired) electrons. The molecule has 6 nitrogen and oxygen atoms in total. The maximum Gasteiger partial charge on any atom is 0.247 e. The summed E-state index contributed by atoms with van der Waals surface area (Å²) in [5.41, 5.74) is 0. The number of nitrogens with two attached hydrogens (primary N) is 1. The molecule has 0 fully saturated rings. The maximum absolute atomic E-state index is 12.0. The smallest absolute Gasteiger partial charge is 0.224 e. The van der Waals surface area contributed by atoms with E-state index in [-0.39, 0.29) is 4.21 Å². The molecule has 1 aromatic heterocycles. The highest BCUT2D eigenvalue weighted by Gasteiger charge is 2.31. The summed E-state index contributed by atoms with van der Waals surface area (Å²) in [6, 6.07) is 2.42. The van der Waals surface area contributed by atoms with Crippen molar-refractivity contribution in [2.24, 2.45) is 5.14 Å². The minimum Gasteiger partial charge on any atom is -0.224 e. The molecule has 1 heterocycles. The largest absolute Gasteiger partial charge is 0.247 e. The summed E-state index contributed by atoms with van der Waals surface area (Å²) in [6.45, 7) is 6.42. The van der Waals surface area contributed by atoms with Crippen molar-refractivity contribution in [3.8, 4) is 0 Å². The average Bonchev–Trinajstić information content (AvgIpc) is 2.62. The van der Waals surface area contributed by atoms with E-state index < -0.39 is 30.8 Å². The summed E-state index contributed by atoms with van der Waals surface area (Å²) in [5, 5.41) is 5.01. The van der Waals surface area contributed by atoms with Gasteiger partial charge >= 0.3 is 0 Å². The molecule has 0 saturated heterocycles. The van der Waals surface area contributed by atoms with Crippen LogP contribution in [0.4, 0.5) is 0 Å². The number of primary sulfonamides is 1. The van der Waals surface area contributed by atoms with E-state index in [1.54, 1.807) is 33.8 Å². The lowest BCUT2D eigenvalue weighted by atomic mass is 10.3. The minimum absolute atomic E-state index is 0.0179. The van der Waals surface area contributed by atoms with Gasteiger partial charge < -0.3 is 0 Å². The van der Waals surface area contributed by atoms with Crippen LogP contribution < -0.4 is 9.86 Å². The second-order valence-electron chi connectivity index (χ2n) is 5.16. The number of hydrogen-bond acceptors (Lipinski definition) is 5. The van der Waals surface area contributed by atoms with Crippen molar-refractivity contribution in [3.05, 3.63) is 17.0 Å². The van der Waals surface area contributed by atoms with Crippen LogP contribution >= 0.6 is 11.3 Å². The topological polar surface area (TPSA) is 106 Å². The number of hydrogen-bond donors (Lipinski definition) is 2. The van der Waals surface area contributed by atoms with E-state index in [2.05, 4.69) is 4.72 Å². The molecule has 1 unspecified atom stereocenters. The molecule has 0 bridgehead atoms. The molecule has 0 aliphatic rings. The van der Waals surface area contributed by atoms with Gasteiger partial charge in [0, 0.05) is 4.88 Å². The van der Waals surface area contributed by atoms with Gasteiger partial charge in [-0.3, -0.25) is 0 Å². The second kappa shape index (κ2) is 5.13. The van der Waals surface area contributed by atoms with Crippen LogP contribution in [-0.4, -0.2) is 21.6 Å². The number of sulfonamides is 2. The molecular formula is C10H18N2O4S3. The predicted molar refractivity (Wildman–Crippen MR) is 75.9 cm³/mol. The maximum atomic E-state index is 12.0. The van der Waals surface area contributed by atoms with Gasteiger partial charge in [0.25, 0.3) is 0 Å². The van der Waals surface area contributed by atoms with Crippen molar-refractivity contribution < 1.29 is 16.8 Å². The third kappa shape index (κ3) is 3.99. The lowest BCUT2D eigenvalue weighted by Crippen LogP contribution is -2.40. The van der Waals surface area contributed by atoms with Crippen molar-refractivity contribution in [1.82, 2.24) is 4.72 Å². The highest BCUT2D eigenvalue weighted by atomic mass is 32.2. The Morgan fingerprint density at radius 2 is 1.74 bits per heavy atom. The first-order valence-corrected chi connectivity index (χ1v) is 9.33. The van der Waals surface area contributed by atoms with E-state index >= 15 is 0 Å². The standard InChI is InChI=1S/C10H18N2O4S3/c1-7(12-19(15,16)10(2,3)4)8-5-6-9(17-8)18(11,13)14/h5-7,12H,1-4H3,(H2,11,13,14). The Morgan fingerprint density at radius 1 is 1.21 bits per heavy atom. The van der Waals surface area contributed by atoms with Crippen molar-refractivity contribution in [2.45, 2.75) is 42.7 Å². The minimum atomic E-state index is -3.75. The number of rotatable bonds is 4. The molecule has 3 N–H and O–H groups in total. The monoisotopic (exact) mass is 326 g/mol. The Kier molecular flexibility index (Phi) is 4.48. The summed E-state index contributed by atoms with van der Waals surface area (Å²) >= 11 is 0.959. The summed E-state index contributed by atoms with van der Waals surface area (Å²) in [7, 11) is -7.24. The predicted octanol–water partition coefficient (Wildman–Crippen LogP) is 1.17. The first kappa shape index (κ1) is 16.6. The van der Waals surface area contributed by atoms with Gasteiger partial charge in [-0.1, -0.05) is 0 Å². The quantitative estimate of drug-likeness (QED) is 0.866. The number of thiophene rings is 1. The average molecular weight is 326 g/mol. The van der Waals surface area contributed by atoms with Gasteiger partial charge in [0.1, 0.15) is 4.21 Å². The summed E-state index contributed by atoms with van der Waals surface area (Å²) in [5.74, 6) is 0. The Labute approximate surface area is 118 Å². The van der Waals surface area contributed by atoms with Crippen molar-refractivity contribution in [2.75, 3.05) is 0 Å². The van der Waals surface area contributed by atoms with E-state index in [0.717, 1.165) is 11.3 Å². The Morgan fingerprint density at radius 3 is 2.11 bits per heavy atom. The SMILES string of the molecule is CC(NS(=O)(=O)C(C)(C)C)c1ccc(S(N)(=O)=O)s1. The molecule has 1 rings (SSSR count). The lowest BCUT2D eigenvalue weighted by Gasteiger charge is -2.22. The molecule has 0 aromatic carbocycles. The Hall–Kier alpha value is -0.480. The summed E-state index contributed by atoms with van der Waals surface area (Å²) in [6.07, 6.45) is 0. The zero-order valence-electron chi connectivity index (χ0n) is 11.2. The summed E-state index contributed by atoms with van der Waals surface area (Å²) < 4.78 is 47.9. The van der Waals surface area contributed by atoms with E-state index in [1.165, 1.54) is 6.07 Å². The first-order chi connectivity index (χ1) is 8.34. The van der Waals surface area contributed by atoms with Crippen LogP contribution in [0.1, 0.15) is 38.6 Å². The molecule has 1 atom stereocenters. The number of nitrogens with one attached hydrogen (secondary N) is 1. The zero-order chi connectivity index (χ0) is 15.1. The Balaban J connectivity index is 2.98. The highest BCUT2D eigenvalue weighted by Crippen LogP contribution is 2.27. The van der Waals surface area contributed by atoms with Crippen LogP contribution in [0.5, 0.6) is 0 Å². The molecule has 0 aliphatic carbocycles. The van der Waals surface area contributed by atoms with E-state index in [9.17, 15) is 16.8 Å². The van der Waals surface area contributed by atoms with Gasteiger partial charge in [0.2, 0.25) is 20.0 Å². The third-order valence-corrected chi connectivity index (χ3v) is 7.43. The molecule has 19 heavy (non-hydrogen) atoms. The fourth-order valence-electron chi connectivity index (χ4n) is 1.19. The molecule has 0 amide bonds. The zero-order valence-corrected chi connectivity index (χ0v) is 13.6. The van der Waals surface area contributed by atoms with Crippen LogP contribution in [0.25, 0.3) is 0 Å². The van der Waals surface area contributed by atoms with Crippen molar-refractivity contribution in [1.29, 1.82) is 0 Å². The van der Waals surface area contributed by atoms with Gasteiger partial charge in [-0.2, -0.15) is 0 Å². The molecule has 0 saturated carbocycles. The Bertz CT molecular complexity index is 653. The molecular weight excluding hydrogens is 308 g/mol. The van der Waals surface area contributed by atoms with Crippen LogP contribution in [-0.2, 0) is 20.0 Å². The van der Waals surface area contributed by atoms with Gasteiger partial charge in [0.05, 0.1) is 10.8 Å². The van der Waals surface area contributed by atoms with Gasteiger partial charge in [-0.15, -0.1) is 11.3 Å². The highest BCUT2D eigenvalue weighted by molar-refractivity contribution is 7.91. The van der Waals surface area contributed by atoms with E-state index in [0.29, 0.717) is 4.88 Å². The second-order valence-corrected chi connectivity index (χ2v) is 10.5. The normalized spacial score (nSPS) is 15.4. The third-order valence-electron chi connectivity index (χ3n) is 2.45. The van der Waals surface area contributed by atoms with Gasteiger partial charge in [-0.05, 0) is 39.8 Å². The lowest BCUT2D eigenvalue weighted by molar-refractivity contribution is 0.533. The fourth-order valence-corrected chi connectivity index (χ4v) is 3.96. The van der Waals surface area contributed by atoms with Gasteiger partial charge in [-0.25, -0.2) is 26.7 Å². The fraction of sp³-hybridized carbons (Fsp3) is 0.600. The molecule has 0 aliphatic heterocycles. The molecule has 0 spiro atoms. The van der Waals surface area contributed by atoms with E-state index in [1.807, 2.05) is 0 Å². The van der Waals surface area contributed by atoms with Crippen LogP contribution in [0, 0.1) is 0 Å². The first-order valence-electron chi connectivity index (χ1n) is 5.49. The molecule has 9 heteroatoms. The van der Waals surface area contributed by atoms with Crippen molar-refractivity contribution in [3.63, 3.8) is 0 Å². The summed E-state index contributed by atoms with van der Waals surface area (Å²) in [4.78, 5) is 0.594. The van der Waals surface area contributed by atoms with Crippen LogP contribution in [0.15, 0.2) is 16.3 Å². The van der Waals surface area contributed by atoms with Crippen molar-refractivity contribution >= 4 is 31.4 Å². The van der Waals surface area contributed by atoms with Crippen LogP contribution in [0.2, 0.25) is 0 Å². The van der Waals surface area contributed by atoms with E-state index in [4.69, 9.17) is 5.14 Å². The van der Waals surface area contributed by atoms with Crippen LogP contribution in [0.3, 0.4) is 0 Å². The molecule has 110 valence electrons. The van der Waals surface area contributed by atoms with Gasteiger partial charge in [0.15, 0.2) is 0 Å². The molecule has 1 aromatic rings.